The predicted molar refractivity (Wildman–Crippen MR) is 89.7 cm³/mol. The molecule has 110 valence electrons. The van der Waals surface area contributed by atoms with Gasteiger partial charge in [-0.1, -0.05) is 0 Å². The summed E-state index contributed by atoms with van der Waals surface area (Å²) in [4.78, 5) is 20.6. The fraction of sp³-hybridized carbons (Fsp3) is 0.417. The van der Waals surface area contributed by atoms with Crippen molar-refractivity contribution in [1.29, 1.82) is 0 Å². The van der Waals surface area contributed by atoms with Gasteiger partial charge in [-0.2, -0.15) is 0 Å². The Labute approximate surface area is 142 Å². The Morgan fingerprint density at radius 2 is 1.65 bits per heavy atom. The van der Waals surface area contributed by atoms with Crippen molar-refractivity contribution in [3.8, 4) is 0 Å². The normalized spacial score (nSPS) is 11.8. The van der Waals surface area contributed by atoms with Gasteiger partial charge in [0, 0.05) is 6.92 Å². The van der Waals surface area contributed by atoms with Gasteiger partial charge in [0.1, 0.15) is 14.1 Å². The van der Waals surface area contributed by atoms with Gasteiger partial charge in [-0.15, -0.1) is 22.7 Å². The van der Waals surface area contributed by atoms with Gasteiger partial charge in [0.25, 0.3) is 0 Å². The monoisotopic (exact) mass is 440 g/mol. The zero-order valence-electron chi connectivity index (χ0n) is 11.4. The van der Waals surface area contributed by atoms with E-state index in [1.165, 1.54) is 29.6 Å². The van der Waals surface area contributed by atoms with E-state index in [4.69, 9.17) is 5.11 Å². The molecule has 2 aromatic heterocycles. The van der Waals surface area contributed by atoms with Crippen molar-refractivity contribution in [3.05, 3.63) is 29.0 Å². The molecule has 0 aliphatic rings. The van der Waals surface area contributed by atoms with E-state index in [-0.39, 0.29) is 5.78 Å². The fourth-order valence-electron chi connectivity index (χ4n) is 1.29. The van der Waals surface area contributed by atoms with E-state index >= 15 is 0 Å². The average Bonchev–Trinajstić information content (AvgIpc) is 2.82. The lowest BCUT2D eigenvalue weighted by Crippen LogP contribution is -1.86. The molecule has 2 heterocycles. The number of aromatic nitrogens is 2. The van der Waals surface area contributed by atoms with Crippen LogP contribution in [0.1, 0.15) is 44.5 Å². The summed E-state index contributed by atoms with van der Waals surface area (Å²) in [5, 5.41) is 11.0. The van der Waals surface area contributed by atoms with E-state index in [1.54, 1.807) is 6.92 Å². The topological polar surface area (TPSA) is 63.1 Å². The minimum atomic E-state index is -0.416. The number of nitrogens with zero attached hydrogens (tertiary/aromatic N) is 2. The molecule has 4 nitrogen and oxygen atoms in total. The van der Waals surface area contributed by atoms with Gasteiger partial charge < -0.3 is 5.11 Å². The molecule has 8 heteroatoms. The number of hydrogen-bond donors (Lipinski definition) is 1. The molecule has 1 N–H and O–H groups in total. The van der Waals surface area contributed by atoms with Crippen molar-refractivity contribution in [2.75, 3.05) is 0 Å². The van der Waals surface area contributed by atoms with Crippen LogP contribution < -0.4 is 0 Å². The van der Waals surface area contributed by atoms with Crippen molar-refractivity contribution in [3.63, 3.8) is 0 Å². The highest BCUT2D eigenvalue weighted by Gasteiger charge is 2.10. The lowest BCUT2D eigenvalue weighted by atomic mass is 10.4. The quantitative estimate of drug-likeness (QED) is 0.687. The van der Waals surface area contributed by atoms with Crippen LogP contribution >= 0.6 is 54.5 Å². The largest absolute Gasteiger partial charge is 0.388 e. The number of carbonyl (C=O) groups excluding carboxylic acids is 1. The third-order valence-electron chi connectivity index (χ3n) is 2.11. The molecular formula is C12H14Br2N2O2S2. The summed E-state index contributed by atoms with van der Waals surface area (Å²) in [6.07, 6.45) is -0.416. The smallest absolute Gasteiger partial charge is 0.172 e. The van der Waals surface area contributed by atoms with Crippen LogP contribution in [0.15, 0.2) is 9.21 Å². The van der Waals surface area contributed by atoms with E-state index in [2.05, 4.69) is 41.8 Å². The predicted octanol–water partition coefficient (Wildman–Crippen LogP) is 4.68. The lowest BCUT2D eigenvalue weighted by Gasteiger charge is -1.97. The molecule has 0 aromatic carbocycles. The van der Waals surface area contributed by atoms with Gasteiger partial charge in [-0.05, 0) is 52.6 Å². The third-order valence-corrected chi connectivity index (χ3v) is 6.02. The van der Waals surface area contributed by atoms with Gasteiger partial charge >= 0.3 is 0 Å². The Balaban J connectivity index is 0.000000200. The molecule has 0 spiro atoms. The van der Waals surface area contributed by atoms with Crippen LogP contribution in [0.4, 0.5) is 0 Å². The van der Waals surface area contributed by atoms with Gasteiger partial charge in [0.05, 0.1) is 21.0 Å². The summed E-state index contributed by atoms with van der Waals surface area (Å²) in [5.41, 5.74) is 0. The highest BCUT2D eigenvalue weighted by Crippen LogP contribution is 2.28. The van der Waals surface area contributed by atoms with Crippen LogP contribution in [0.3, 0.4) is 0 Å². The number of Topliss-reactive ketones (excluding diaryl/α,β-unsaturated/α-hetero) is 1. The zero-order chi connectivity index (χ0) is 15.4. The van der Waals surface area contributed by atoms with Crippen LogP contribution in [0.2, 0.25) is 0 Å². The number of aryl methyl sites for hydroxylation is 2. The van der Waals surface area contributed by atoms with E-state index in [0.29, 0.717) is 9.48 Å². The Bertz CT molecular complexity index is 609. The molecule has 2 rings (SSSR count). The average molecular weight is 442 g/mol. The van der Waals surface area contributed by atoms with Gasteiger partial charge in [-0.3, -0.25) is 4.79 Å². The van der Waals surface area contributed by atoms with Crippen molar-refractivity contribution in [2.24, 2.45) is 0 Å². The molecule has 1 atom stereocenters. The number of rotatable bonds is 2. The number of carbonyl (C=O) groups is 1. The molecule has 20 heavy (non-hydrogen) atoms. The van der Waals surface area contributed by atoms with Crippen LogP contribution in [0, 0.1) is 13.8 Å². The maximum atomic E-state index is 10.8. The first-order chi connectivity index (χ1) is 9.22. The summed E-state index contributed by atoms with van der Waals surface area (Å²) in [6.45, 7) is 7.07. The standard InChI is InChI=1S/C6H8BrNOS.C6H6BrNOS/c2*1-3(9)5-6(7)8-4(2)10-5/h3,9H,1-2H3;1-2H3. The summed E-state index contributed by atoms with van der Waals surface area (Å²) in [6, 6.07) is 0. The van der Waals surface area contributed by atoms with Crippen molar-refractivity contribution < 1.29 is 9.90 Å². The Kier molecular flexibility index (Phi) is 6.93. The molecule has 0 radical (unpaired) electrons. The summed E-state index contributed by atoms with van der Waals surface area (Å²) >= 11 is 9.38. The molecule has 0 aliphatic carbocycles. The summed E-state index contributed by atoms with van der Waals surface area (Å²) < 4.78 is 1.44. The van der Waals surface area contributed by atoms with E-state index in [0.717, 1.165) is 19.5 Å². The first-order valence-corrected chi connectivity index (χ1v) is 8.89. The van der Waals surface area contributed by atoms with Gasteiger partial charge in [0.15, 0.2) is 5.78 Å². The minimum absolute atomic E-state index is 0.0671. The molecule has 0 saturated carbocycles. The minimum Gasteiger partial charge on any atom is -0.388 e. The van der Waals surface area contributed by atoms with E-state index in [9.17, 15) is 4.79 Å². The lowest BCUT2D eigenvalue weighted by molar-refractivity contribution is 0.102. The fourth-order valence-corrected chi connectivity index (χ4v) is 4.62. The number of aliphatic hydroxyl groups is 1. The number of aliphatic hydroxyl groups excluding tert-OH is 1. The van der Waals surface area contributed by atoms with Crippen LogP contribution in [0.25, 0.3) is 0 Å². The SMILES string of the molecule is CC(=O)c1sc(C)nc1Br.Cc1nc(Br)c(C(C)O)s1. The highest BCUT2D eigenvalue weighted by molar-refractivity contribution is 9.10. The van der Waals surface area contributed by atoms with E-state index in [1.807, 2.05) is 13.8 Å². The second-order valence-corrected chi connectivity index (χ2v) is 7.91. The van der Waals surface area contributed by atoms with Gasteiger partial charge in [0.2, 0.25) is 0 Å². The van der Waals surface area contributed by atoms with Crippen LogP contribution in [-0.2, 0) is 0 Å². The van der Waals surface area contributed by atoms with Crippen molar-refractivity contribution in [1.82, 2.24) is 9.97 Å². The summed E-state index contributed by atoms with van der Waals surface area (Å²) in [7, 11) is 0. The molecule has 0 fully saturated rings. The number of hydrogen-bond acceptors (Lipinski definition) is 6. The number of thiazole rings is 2. The molecule has 0 amide bonds. The molecule has 1 unspecified atom stereocenters. The molecule has 2 aromatic rings. The zero-order valence-corrected chi connectivity index (χ0v) is 16.2. The second kappa shape index (κ2) is 7.74. The highest BCUT2D eigenvalue weighted by atomic mass is 79.9. The number of ketones is 1. The third kappa shape index (κ3) is 5.00. The molecule has 0 aliphatic heterocycles. The first kappa shape index (κ1) is 17.9. The van der Waals surface area contributed by atoms with Crippen molar-refractivity contribution in [2.45, 2.75) is 33.8 Å². The molecule has 0 saturated heterocycles. The first-order valence-electron chi connectivity index (χ1n) is 5.67. The number of halogens is 2. The maximum absolute atomic E-state index is 10.8. The van der Waals surface area contributed by atoms with Crippen LogP contribution in [0.5, 0.6) is 0 Å². The van der Waals surface area contributed by atoms with Crippen molar-refractivity contribution >= 4 is 60.3 Å². The Morgan fingerprint density at radius 3 is 1.85 bits per heavy atom. The Hall–Kier alpha value is -0.150. The van der Waals surface area contributed by atoms with E-state index < -0.39 is 6.10 Å². The molecular weight excluding hydrogens is 428 g/mol. The summed E-state index contributed by atoms with van der Waals surface area (Å²) in [5.74, 6) is 0.0671. The molecule has 0 bridgehead atoms. The van der Waals surface area contributed by atoms with Crippen LogP contribution in [-0.4, -0.2) is 20.9 Å². The van der Waals surface area contributed by atoms with Gasteiger partial charge in [-0.25, -0.2) is 9.97 Å². The second-order valence-electron chi connectivity index (χ2n) is 3.97. The maximum Gasteiger partial charge on any atom is 0.172 e. The Morgan fingerprint density at radius 1 is 1.15 bits per heavy atom.